The molecule has 7 nitrogen and oxygen atoms in total. The van der Waals surface area contributed by atoms with E-state index in [0.29, 0.717) is 5.56 Å². The second kappa shape index (κ2) is 10.3. The van der Waals surface area contributed by atoms with Gasteiger partial charge < -0.3 is 14.6 Å². The Morgan fingerprint density at radius 2 is 1.48 bits per heavy atom. The first kappa shape index (κ1) is 22.0. The predicted molar refractivity (Wildman–Crippen MR) is 104 cm³/mol. The van der Waals surface area contributed by atoms with E-state index in [9.17, 15) is 19.2 Å². The molecule has 0 amide bonds. The molecule has 0 aromatic heterocycles. The van der Waals surface area contributed by atoms with E-state index in [4.69, 9.17) is 14.6 Å². The normalized spacial score (nSPS) is 12.6. The molecular weight excluding hydrogens is 376 g/mol. The quantitative estimate of drug-likeness (QED) is 0.372. The van der Waals surface area contributed by atoms with Crippen molar-refractivity contribution in [3.8, 4) is 0 Å². The lowest BCUT2D eigenvalue weighted by molar-refractivity contribution is -0.145. The van der Waals surface area contributed by atoms with Gasteiger partial charge in [-0.05, 0) is 12.5 Å². The van der Waals surface area contributed by atoms with Crippen LogP contribution in [0.15, 0.2) is 54.6 Å². The summed E-state index contributed by atoms with van der Waals surface area (Å²) >= 11 is 0. The molecule has 0 aliphatic carbocycles. The van der Waals surface area contributed by atoms with Gasteiger partial charge in [-0.25, -0.2) is 9.59 Å². The first-order valence-electron chi connectivity index (χ1n) is 9.06. The molecule has 29 heavy (non-hydrogen) atoms. The van der Waals surface area contributed by atoms with Gasteiger partial charge in [0.05, 0.1) is 13.2 Å². The number of carbonyl (C=O) groups is 4. The number of carboxylic acids is 1. The van der Waals surface area contributed by atoms with Gasteiger partial charge in [0.15, 0.2) is 0 Å². The number of Topliss-reactive ketones (excluding diaryl/α,β-unsaturated/α-hetero) is 2. The smallest absolute Gasteiger partial charge is 0.380 e. The largest absolute Gasteiger partial charge is 0.475 e. The summed E-state index contributed by atoms with van der Waals surface area (Å²) < 4.78 is 10.6. The van der Waals surface area contributed by atoms with Crippen molar-refractivity contribution in [2.75, 3.05) is 13.2 Å². The molecule has 2 atom stereocenters. The lowest BCUT2D eigenvalue weighted by atomic mass is 9.94. The fourth-order valence-electron chi connectivity index (χ4n) is 2.73. The number of carboxylic acid groups (broad SMARTS) is 1. The van der Waals surface area contributed by atoms with E-state index in [0.717, 1.165) is 0 Å². The first-order chi connectivity index (χ1) is 13.8. The minimum Gasteiger partial charge on any atom is -0.475 e. The van der Waals surface area contributed by atoms with Gasteiger partial charge in [0.1, 0.15) is 6.10 Å². The van der Waals surface area contributed by atoms with Crippen LogP contribution in [0.4, 0.5) is 0 Å². The van der Waals surface area contributed by atoms with Gasteiger partial charge in [0.25, 0.3) is 11.6 Å². The summed E-state index contributed by atoms with van der Waals surface area (Å²) in [6.07, 6.45) is -0.654. The Morgan fingerprint density at radius 1 is 0.862 bits per heavy atom. The number of carbonyl (C=O) groups excluding carboxylic acids is 3. The number of hydrogen-bond acceptors (Lipinski definition) is 6. The Balaban J connectivity index is 1.87. The zero-order valence-electron chi connectivity index (χ0n) is 16.2. The molecule has 0 aliphatic heterocycles. The minimum atomic E-state index is -1.52. The molecule has 0 heterocycles. The third-order valence-electron chi connectivity index (χ3n) is 4.18. The number of ketones is 2. The molecule has 0 fully saturated rings. The van der Waals surface area contributed by atoms with Gasteiger partial charge in [-0.2, -0.15) is 0 Å². The highest BCUT2D eigenvalue weighted by Crippen LogP contribution is 2.21. The van der Waals surface area contributed by atoms with Crippen molar-refractivity contribution in [2.24, 2.45) is 0 Å². The Bertz CT molecular complexity index is 889. The molecule has 0 saturated heterocycles. The van der Waals surface area contributed by atoms with Gasteiger partial charge in [-0.1, -0.05) is 61.5 Å². The van der Waals surface area contributed by atoms with E-state index in [1.807, 2.05) is 0 Å². The van der Waals surface area contributed by atoms with Gasteiger partial charge in [0, 0.05) is 17.0 Å². The molecule has 152 valence electrons. The Morgan fingerprint density at radius 3 is 2.14 bits per heavy atom. The standard InChI is InChI=1S/C22H22O7/c1-14(17-10-6-7-11-18(17)20(24)21(25)26)12-28-13-15(2)29-22(27)19(23)16-8-4-3-5-9-16/h3-11,14-15H,12-13H2,1-2H3,(H,25,26). The van der Waals surface area contributed by atoms with E-state index in [1.54, 1.807) is 50.2 Å². The van der Waals surface area contributed by atoms with Crippen LogP contribution in [0.3, 0.4) is 0 Å². The lowest BCUT2D eigenvalue weighted by Crippen LogP contribution is -2.26. The molecule has 2 rings (SSSR count). The van der Waals surface area contributed by atoms with E-state index < -0.39 is 29.6 Å². The number of ether oxygens (including phenoxy) is 2. The van der Waals surface area contributed by atoms with Crippen LogP contribution in [-0.2, 0) is 19.1 Å². The third kappa shape index (κ3) is 6.08. The number of rotatable bonds is 10. The van der Waals surface area contributed by atoms with Crippen molar-refractivity contribution in [2.45, 2.75) is 25.9 Å². The van der Waals surface area contributed by atoms with Crippen molar-refractivity contribution < 1.29 is 33.8 Å². The van der Waals surface area contributed by atoms with E-state index in [2.05, 4.69) is 0 Å². The fourth-order valence-corrected chi connectivity index (χ4v) is 2.73. The zero-order chi connectivity index (χ0) is 21.4. The maximum atomic E-state index is 12.0. The van der Waals surface area contributed by atoms with Crippen LogP contribution in [-0.4, -0.2) is 47.9 Å². The number of benzene rings is 2. The second-order valence-corrected chi connectivity index (χ2v) is 6.57. The summed E-state index contributed by atoms with van der Waals surface area (Å²) in [4.78, 5) is 46.7. The van der Waals surface area contributed by atoms with Crippen LogP contribution in [0.25, 0.3) is 0 Å². The summed E-state index contributed by atoms with van der Waals surface area (Å²) in [5.74, 6) is -4.45. The summed E-state index contributed by atoms with van der Waals surface area (Å²) in [5.41, 5.74) is 0.923. The highest BCUT2D eigenvalue weighted by atomic mass is 16.6. The molecule has 0 radical (unpaired) electrons. The molecule has 0 saturated carbocycles. The molecule has 7 heteroatoms. The average molecular weight is 398 g/mol. The SMILES string of the molecule is CC(COCC(C)c1ccccc1C(=O)C(=O)O)OC(=O)C(=O)c1ccccc1. The maximum Gasteiger partial charge on any atom is 0.380 e. The lowest BCUT2D eigenvalue weighted by Gasteiger charge is -2.17. The van der Waals surface area contributed by atoms with E-state index in [-0.39, 0.29) is 30.3 Å². The Labute approximate surface area is 168 Å². The molecule has 2 aromatic rings. The van der Waals surface area contributed by atoms with Crippen molar-refractivity contribution in [3.63, 3.8) is 0 Å². The van der Waals surface area contributed by atoms with Gasteiger partial charge >= 0.3 is 11.9 Å². The zero-order valence-corrected chi connectivity index (χ0v) is 16.2. The monoisotopic (exact) mass is 398 g/mol. The minimum absolute atomic E-state index is 0.0488. The fraction of sp³-hybridized carbons (Fsp3) is 0.273. The molecule has 0 bridgehead atoms. The van der Waals surface area contributed by atoms with Crippen LogP contribution in [0, 0.1) is 0 Å². The summed E-state index contributed by atoms with van der Waals surface area (Å²) in [5, 5.41) is 8.94. The Kier molecular flexibility index (Phi) is 7.79. The Hall–Kier alpha value is -3.32. The first-order valence-corrected chi connectivity index (χ1v) is 9.06. The number of hydrogen-bond donors (Lipinski definition) is 1. The van der Waals surface area contributed by atoms with Gasteiger partial charge in [-0.3, -0.25) is 9.59 Å². The molecule has 2 aromatic carbocycles. The highest BCUT2D eigenvalue weighted by molar-refractivity contribution is 6.40. The molecule has 1 N–H and O–H groups in total. The van der Waals surface area contributed by atoms with Crippen LogP contribution >= 0.6 is 0 Å². The molecular formula is C22H22O7. The second-order valence-electron chi connectivity index (χ2n) is 6.57. The number of esters is 1. The van der Waals surface area contributed by atoms with Crippen LogP contribution in [0.2, 0.25) is 0 Å². The van der Waals surface area contributed by atoms with Crippen molar-refractivity contribution in [3.05, 3.63) is 71.3 Å². The van der Waals surface area contributed by atoms with Crippen LogP contribution in [0.5, 0.6) is 0 Å². The summed E-state index contributed by atoms with van der Waals surface area (Å²) in [6, 6.07) is 14.5. The van der Waals surface area contributed by atoms with Gasteiger partial charge in [0.2, 0.25) is 0 Å². The molecule has 0 spiro atoms. The van der Waals surface area contributed by atoms with E-state index in [1.165, 1.54) is 18.2 Å². The summed E-state index contributed by atoms with van der Waals surface area (Å²) in [7, 11) is 0. The predicted octanol–water partition coefficient (Wildman–Crippen LogP) is 2.89. The molecule has 2 unspecified atom stereocenters. The molecule has 0 aliphatic rings. The summed E-state index contributed by atoms with van der Waals surface area (Å²) in [6.45, 7) is 3.62. The van der Waals surface area contributed by atoms with Crippen molar-refractivity contribution in [1.29, 1.82) is 0 Å². The van der Waals surface area contributed by atoms with E-state index >= 15 is 0 Å². The highest BCUT2D eigenvalue weighted by Gasteiger charge is 2.22. The number of aliphatic carboxylic acids is 1. The third-order valence-corrected chi connectivity index (χ3v) is 4.18. The van der Waals surface area contributed by atoms with Crippen molar-refractivity contribution in [1.82, 2.24) is 0 Å². The average Bonchev–Trinajstić information content (AvgIpc) is 2.73. The topological polar surface area (TPSA) is 107 Å². The van der Waals surface area contributed by atoms with Gasteiger partial charge in [-0.15, -0.1) is 0 Å². The van der Waals surface area contributed by atoms with Crippen molar-refractivity contribution >= 4 is 23.5 Å². The maximum absolute atomic E-state index is 12.0. The van der Waals surface area contributed by atoms with Crippen LogP contribution < -0.4 is 0 Å². The van der Waals surface area contributed by atoms with Crippen LogP contribution in [0.1, 0.15) is 46.0 Å².